The molecule has 2 aromatic heterocycles. The van der Waals surface area contributed by atoms with Crippen LogP contribution in [0.25, 0.3) is 15.5 Å². The molecule has 21 heavy (non-hydrogen) atoms. The fourth-order valence-corrected chi connectivity index (χ4v) is 2.92. The number of aromatic nitrogens is 4. The second-order valence-electron chi connectivity index (χ2n) is 5.73. The Morgan fingerprint density at radius 1 is 1.24 bits per heavy atom. The molecular formula is C14H16N4O2S. The van der Waals surface area contributed by atoms with Crippen LogP contribution in [0.2, 0.25) is 0 Å². The monoisotopic (exact) mass is 304 g/mol. The van der Waals surface area contributed by atoms with Gasteiger partial charge >= 0.3 is 0 Å². The number of methoxy groups -OCH3 is 1. The standard InChI is InChI=1S/C14H16N4O2S/c1-14(2,3)12-15-16-13-18(12)17-11(21-13)8-6-5-7-9(20-4)10(8)19/h5-7,19H,1-4H3. The first kappa shape index (κ1) is 13.8. The summed E-state index contributed by atoms with van der Waals surface area (Å²) in [5, 5.41) is 23.8. The van der Waals surface area contributed by atoms with Crippen LogP contribution in [0.3, 0.4) is 0 Å². The molecule has 1 N–H and O–H groups in total. The molecule has 110 valence electrons. The lowest BCUT2D eigenvalue weighted by molar-refractivity contribution is 0.374. The first-order chi connectivity index (χ1) is 9.91. The molecule has 3 rings (SSSR count). The predicted octanol–water partition coefficient (Wildman–Crippen LogP) is 2.86. The van der Waals surface area contributed by atoms with Gasteiger partial charge in [0, 0.05) is 5.41 Å². The van der Waals surface area contributed by atoms with Crippen LogP contribution < -0.4 is 4.74 Å². The summed E-state index contributed by atoms with van der Waals surface area (Å²) in [6.45, 7) is 6.18. The number of rotatable bonds is 2. The van der Waals surface area contributed by atoms with Crippen LogP contribution in [0.1, 0.15) is 26.6 Å². The van der Waals surface area contributed by atoms with Gasteiger partial charge in [0.05, 0.1) is 12.7 Å². The van der Waals surface area contributed by atoms with E-state index in [-0.39, 0.29) is 11.2 Å². The molecule has 0 unspecified atom stereocenters. The van der Waals surface area contributed by atoms with E-state index in [2.05, 4.69) is 36.1 Å². The molecule has 7 heteroatoms. The van der Waals surface area contributed by atoms with E-state index in [1.807, 2.05) is 6.07 Å². The zero-order chi connectivity index (χ0) is 15.2. The van der Waals surface area contributed by atoms with Crippen LogP contribution in [0, 0.1) is 0 Å². The third-order valence-electron chi connectivity index (χ3n) is 3.11. The molecule has 0 saturated heterocycles. The van der Waals surface area contributed by atoms with Crippen molar-refractivity contribution in [3.63, 3.8) is 0 Å². The van der Waals surface area contributed by atoms with Gasteiger partial charge in [-0.05, 0) is 12.1 Å². The number of para-hydroxylation sites is 1. The van der Waals surface area contributed by atoms with Crippen LogP contribution in [-0.2, 0) is 5.41 Å². The van der Waals surface area contributed by atoms with E-state index >= 15 is 0 Å². The summed E-state index contributed by atoms with van der Waals surface area (Å²) in [6.07, 6.45) is 0. The summed E-state index contributed by atoms with van der Waals surface area (Å²) in [5.41, 5.74) is 0.478. The molecule has 0 aliphatic heterocycles. The van der Waals surface area contributed by atoms with Gasteiger partial charge < -0.3 is 9.84 Å². The van der Waals surface area contributed by atoms with Crippen LogP contribution in [0.5, 0.6) is 11.5 Å². The summed E-state index contributed by atoms with van der Waals surface area (Å²) >= 11 is 1.38. The molecule has 6 nitrogen and oxygen atoms in total. The van der Waals surface area contributed by atoms with Crippen molar-refractivity contribution in [2.24, 2.45) is 0 Å². The minimum absolute atomic E-state index is 0.0854. The summed E-state index contributed by atoms with van der Waals surface area (Å²) in [7, 11) is 1.52. The molecular weight excluding hydrogens is 288 g/mol. The van der Waals surface area contributed by atoms with Crippen molar-refractivity contribution in [2.75, 3.05) is 7.11 Å². The number of aromatic hydroxyl groups is 1. The number of benzene rings is 1. The molecule has 0 bridgehead atoms. The van der Waals surface area contributed by atoms with E-state index in [1.54, 1.807) is 16.6 Å². The Morgan fingerprint density at radius 2 is 2.00 bits per heavy atom. The number of nitrogens with zero attached hydrogens (tertiary/aromatic N) is 4. The van der Waals surface area contributed by atoms with E-state index in [4.69, 9.17) is 4.74 Å². The van der Waals surface area contributed by atoms with Crippen LogP contribution in [-0.4, -0.2) is 32.0 Å². The summed E-state index contributed by atoms with van der Waals surface area (Å²) in [4.78, 5) is 0.706. The second-order valence-corrected chi connectivity index (χ2v) is 6.69. The fourth-order valence-electron chi connectivity index (χ4n) is 2.05. The summed E-state index contributed by atoms with van der Waals surface area (Å²) in [5.74, 6) is 1.30. The Labute approximate surface area is 126 Å². The highest BCUT2D eigenvalue weighted by Gasteiger charge is 2.24. The van der Waals surface area contributed by atoms with E-state index in [0.717, 1.165) is 5.82 Å². The molecule has 0 atom stereocenters. The second kappa shape index (κ2) is 4.70. The first-order valence-electron chi connectivity index (χ1n) is 6.51. The molecule has 0 saturated carbocycles. The molecule has 3 aromatic rings. The molecule has 0 amide bonds. The number of fused-ring (bicyclic) bond motifs is 1. The Balaban J connectivity index is 2.17. The lowest BCUT2D eigenvalue weighted by Gasteiger charge is -2.13. The van der Waals surface area contributed by atoms with Gasteiger partial charge in [0.1, 0.15) is 0 Å². The maximum Gasteiger partial charge on any atom is 0.235 e. The fraction of sp³-hybridized carbons (Fsp3) is 0.357. The highest BCUT2D eigenvalue weighted by molar-refractivity contribution is 7.19. The molecule has 0 fully saturated rings. The number of hydrogen-bond acceptors (Lipinski definition) is 6. The quantitative estimate of drug-likeness (QED) is 0.788. The lowest BCUT2D eigenvalue weighted by atomic mass is 9.96. The molecule has 0 aliphatic carbocycles. The number of phenols is 1. The average molecular weight is 304 g/mol. The SMILES string of the molecule is COc1cccc(-c2nn3c(C(C)(C)C)nnc3s2)c1O. The maximum absolute atomic E-state index is 10.2. The number of phenolic OH excluding ortho intramolecular Hbond substituents is 1. The van der Waals surface area contributed by atoms with Gasteiger partial charge in [-0.15, -0.1) is 10.2 Å². The van der Waals surface area contributed by atoms with Crippen molar-refractivity contribution >= 4 is 16.3 Å². The van der Waals surface area contributed by atoms with Gasteiger partial charge in [-0.25, -0.2) is 0 Å². The predicted molar refractivity (Wildman–Crippen MR) is 81.0 cm³/mol. The largest absolute Gasteiger partial charge is 0.504 e. The van der Waals surface area contributed by atoms with Gasteiger partial charge in [-0.3, -0.25) is 0 Å². The van der Waals surface area contributed by atoms with E-state index in [9.17, 15) is 5.11 Å². The number of ether oxygens (including phenoxy) is 1. The van der Waals surface area contributed by atoms with Crippen LogP contribution >= 0.6 is 11.3 Å². The van der Waals surface area contributed by atoms with Gasteiger partial charge in [-0.1, -0.05) is 38.2 Å². The minimum Gasteiger partial charge on any atom is -0.504 e. The Hall–Kier alpha value is -2.15. The van der Waals surface area contributed by atoms with Gasteiger partial charge in [0.25, 0.3) is 0 Å². The first-order valence-corrected chi connectivity index (χ1v) is 7.32. The van der Waals surface area contributed by atoms with Crippen molar-refractivity contribution in [1.82, 2.24) is 19.8 Å². The van der Waals surface area contributed by atoms with Crippen LogP contribution in [0.4, 0.5) is 0 Å². The van der Waals surface area contributed by atoms with Crippen molar-refractivity contribution < 1.29 is 9.84 Å². The zero-order valence-corrected chi connectivity index (χ0v) is 13.1. The lowest BCUT2D eigenvalue weighted by Crippen LogP contribution is -2.16. The van der Waals surface area contributed by atoms with Crippen molar-refractivity contribution in [1.29, 1.82) is 0 Å². The normalized spacial score (nSPS) is 12.0. The molecule has 0 radical (unpaired) electrons. The van der Waals surface area contributed by atoms with E-state index in [1.165, 1.54) is 18.4 Å². The molecule has 2 heterocycles. The Morgan fingerprint density at radius 3 is 2.67 bits per heavy atom. The number of hydrogen-bond donors (Lipinski definition) is 1. The van der Waals surface area contributed by atoms with Crippen molar-refractivity contribution in [2.45, 2.75) is 26.2 Å². The van der Waals surface area contributed by atoms with Gasteiger partial charge in [0.15, 0.2) is 22.3 Å². The van der Waals surface area contributed by atoms with Gasteiger partial charge in [0.2, 0.25) is 4.96 Å². The van der Waals surface area contributed by atoms with Crippen molar-refractivity contribution in [3.8, 4) is 22.1 Å². The van der Waals surface area contributed by atoms with E-state index < -0.39 is 0 Å². The van der Waals surface area contributed by atoms with Gasteiger partial charge in [-0.2, -0.15) is 9.61 Å². The van der Waals surface area contributed by atoms with Crippen LogP contribution in [0.15, 0.2) is 18.2 Å². The molecule has 0 aliphatic rings. The van der Waals surface area contributed by atoms with E-state index in [0.29, 0.717) is 21.3 Å². The zero-order valence-electron chi connectivity index (χ0n) is 12.3. The minimum atomic E-state index is -0.152. The molecule has 0 spiro atoms. The Kier molecular flexibility index (Phi) is 3.09. The third-order valence-corrected chi connectivity index (χ3v) is 4.04. The smallest absolute Gasteiger partial charge is 0.235 e. The molecule has 1 aromatic carbocycles. The maximum atomic E-state index is 10.2. The average Bonchev–Trinajstić information content (AvgIpc) is 2.97. The topological polar surface area (TPSA) is 72.5 Å². The third kappa shape index (κ3) is 2.23. The Bertz CT molecular complexity index is 801. The summed E-state index contributed by atoms with van der Waals surface area (Å²) < 4.78 is 6.87. The highest BCUT2D eigenvalue weighted by Crippen LogP contribution is 2.38. The summed E-state index contributed by atoms with van der Waals surface area (Å²) in [6, 6.07) is 5.33. The highest BCUT2D eigenvalue weighted by atomic mass is 32.1. The van der Waals surface area contributed by atoms with Crippen molar-refractivity contribution in [3.05, 3.63) is 24.0 Å².